The fourth-order valence-corrected chi connectivity index (χ4v) is 2.80. The highest BCUT2D eigenvalue weighted by molar-refractivity contribution is 5.66. The van der Waals surface area contributed by atoms with Gasteiger partial charge in [-0.1, -0.05) is 6.07 Å². The standard InChI is InChI=1S/C16H22O3/c1-9-7-10(2)14-13(8-18-12(4)17)16(5,6)19-15(14)11(9)3/h7,13H,8H2,1-6H3. The maximum atomic E-state index is 11.1. The summed E-state index contributed by atoms with van der Waals surface area (Å²) in [6.07, 6.45) is 0. The summed E-state index contributed by atoms with van der Waals surface area (Å²) < 4.78 is 11.4. The van der Waals surface area contributed by atoms with E-state index in [1.165, 1.54) is 29.2 Å². The van der Waals surface area contributed by atoms with E-state index in [9.17, 15) is 4.79 Å². The first-order valence-electron chi connectivity index (χ1n) is 6.67. The van der Waals surface area contributed by atoms with Crippen molar-refractivity contribution in [2.24, 2.45) is 0 Å². The topological polar surface area (TPSA) is 35.5 Å². The van der Waals surface area contributed by atoms with Crippen molar-refractivity contribution in [2.45, 2.75) is 53.1 Å². The second kappa shape index (κ2) is 4.55. The summed E-state index contributed by atoms with van der Waals surface area (Å²) in [5.41, 5.74) is 4.47. The van der Waals surface area contributed by atoms with E-state index in [-0.39, 0.29) is 17.5 Å². The van der Waals surface area contributed by atoms with Gasteiger partial charge in [0.1, 0.15) is 18.0 Å². The lowest BCUT2D eigenvalue weighted by Gasteiger charge is -2.26. The fraction of sp³-hybridized carbons (Fsp3) is 0.562. The van der Waals surface area contributed by atoms with Crippen LogP contribution in [0.3, 0.4) is 0 Å². The van der Waals surface area contributed by atoms with E-state index in [2.05, 4.69) is 40.7 Å². The number of aryl methyl sites for hydroxylation is 2. The molecule has 0 aromatic heterocycles. The lowest BCUT2D eigenvalue weighted by atomic mass is 9.84. The average molecular weight is 262 g/mol. The number of fused-ring (bicyclic) bond motifs is 1. The lowest BCUT2D eigenvalue weighted by Crippen LogP contribution is -2.33. The van der Waals surface area contributed by atoms with Gasteiger partial charge >= 0.3 is 5.97 Å². The van der Waals surface area contributed by atoms with E-state index in [0.29, 0.717) is 6.61 Å². The summed E-state index contributed by atoms with van der Waals surface area (Å²) in [6, 6.07) is 2.18. The van der Waals surface area contributed by atoms with E-state index < -0.39 is 0 Å². The van der Waals surface area contributed by atoms with Crippen LogP contribution in [0.1, 0.15) is 48.9 Å². The zero-order valence-electron chi connectivity index (χ0n) is 12.6. The Labute approximate surface area is 114 Å². The van der Waals surface area contributed by atoms with Crippen LogP contribution in [0.15, 0.2) is 6.07 Å². The number of carbonyl (C=O) groups is 1. The zero-order chi connectivity index (χ0) is 14.4. The molecular weight excluding hydrogens is 240 g/mol. The Morgan fingerprint density at radius 1 is 1.32 bits per heavy atom. The molecule has 0 fully saturated rings. The number of benzene rings is 1. The van der Waals surface area contributed by atoms with Gasteiger partial charge in [0.25, 0.3) is 0 Å². The van der Waals surface area contributed by atoms with E-state index >= 15 is 0 Å². The van der Waals surface area contributed by atoms with Gasteiger partial charge in [0.15, 0.2) is 0 Å². The molecular formula is C16H22O3. The molecule has 3 nitrogen and oxygen atoms in total. The van der Waals surface area contributed by atoms with Crippen molar-refractivity contribution in [1.82, 2.24) is 0 Å². The number of ether oxygens (including phenoxy) is 2. The first-order chi connectivity index (χ1) is 8.74. The number of esters is 1. The van der Waals surface area contributed by atoms with Crippen molar-refractivity contribution in [2.75, 3.05) is 6.61 Å². The highest BCUT2D eigenvalue weighted by Gasteiger charge is 2.43. The van der Waals surface area contributed by atoms with Crippen molar-refractivity contribution in [3.63, 3.8) is 0 Å². The number of carbonyl (C=O) groups excluding carboxylic acids is 1. The Morgan fingerprint density at radius 3 is 2.53 bits per heavy atom. The van der Waals surface area contributed by atoms with Crippen LogP contribution in [0, 0.1) is 20.8 Å². The van der Waals surface area contributed by atoms with Gasteiger partial charge in [-0.2, -0.15) is 0 Å². The Morgan fingerprint density at radius 2 is 1.95 bits per heavy atom. The fourth-order valence-electron chi connectivity index (χ4n) is 2.80. The van der Waals surface area contributed by atoms with Crippen LogP contribution < -0.4 is 4.74 Å². The van der Waals surface area contributed by atoms with Crippen molar-refractivity contribution in [3.8, 4) is 5.75 Å². The van der Waals surface area contributed by atoms with Gasteiger partial charge in [-0.3, -0.25) is 4.79 Å². The molecule has 1 atom stereocenters. The third kappa shape index (κ3) is 2.34. The summed E-state index contributed by atoms with van der Waals surface area (Å²) in [5, 5.41) is 0. The Hall–Kier alpha value is -1.51. The minimum absolute atomic E-state index is 0.0886. The van der Waals surface area contributed by atoms with Gasteiger partial charge < -0.3 is 9.47 Å². The van der Waals surface area contributed by atoms with Crippen LogP contribution in [-0.4, -0.2) is 18.2 Å². The Kier molecular flexibility index (Phi) is 3.33. The quantitative estimate of drug-likeness (QED) is 0.766. The summed E-state index contributed by atoms with van der Waals surface area (Å²) in [6.45, 7) is 12.2. The lowest BCUT2D eigenvalue weighted by molar-refractivity contribution is -0.142. The van der Waals surface area contributed by atoms with Gasteiger partial charge in [-0.15, -0.1) is 0 Å². The molecule has 0 bridgehead atoms. The molecule has 1 heterocycles. The van der Waals surface area contributed by atoms with Crippen LogP contribution in [0.4, 0.5) is 0 Å². The number of hydrogen-bond acceptors (Lipinski definition) is 3. The first kappa shape index (κ1) is 13.9. The van der Waals surface area contributed by atoms with E-state index in [1.807, 2.05) is 0 Å². The minimum Gasteiger partial charge on any atom is -0.486 e. The van der Waals surface area contributed by atoms with Gasteiger partial charge in [0, 0.05) is 12.5 Å². The molecule has 1 unspecified atom stereocenters. The third-order valence-corrected chi connectivity index (χ3v) is 4.04. The summed E-state index contributed by atoms with van der Waals surface area (Å²) >= 11 is 0. The molecule has 1 aliphatic rings. The third-order valence-electron chi connectivity index (χ3n) is 4.04. The van der Waals surface area contributed by atoms with Crippen LogP contribution in [0.5, 0.6) is 5.75 Å². The Balaban J connectivity index is 2.47. The molecule has 19 heavy (non-hydrogen) atoms. The molecule has 1 aliphatic heterocycles. The van der Waals surface area contributed by atoms with Crippen LogP contribution in [0.2, 0.25) is 0 Å². The minimum atomic E-state index is -0.346. The predicted octanol–water partition coefficient (Wildman–Crippen LogP) is 3.43. The molecule has 104 valence electrons. The molecule has 0 radical (unpaired) electrons. The largest absolute Gasteiger partial charge is 0.486 e. The molecule has 0 aliphatic carbocycles. The molecule has 2 rings (SSSR count). The summed E-state index contributed by atoms with van der Waals surface area (Å²) in [4.78, 5) is 11.1. The van der Waals surface area contributed by atoms with E-state index in [4.69, 9.17) is 9.47 Å². The maximum Gasteiger partial charge on any atom is 0.302 e. The van der Waals surface area contributed by atoms with E-state index in [1.54, 1.807) is 0 Å². The predicted molar refractivity (Wildman–Crippen MR) is 74.7 cm³/mol. The molecule has 0 amide bonds. The highest BCUT2D eigenvalue weighted by atomic mass is 16.5. The van der Waals surface area contributed by atoms with E-state index in [0.717, 1.165) is 5.75 Å². The monoisotopic (exact) mass is 262 g/mol. The molecule has 3 heteroatoms. The molecule has 0 saturated heterocycles. The molecule has 0 N–H and O–H groups in total. The highest BCUT2D eigenvalue weighted by Crippen LogP contribution is 2.48. The zero-order valence-corrected chi connectivity index (χ0v) is 12.6. The molecule has 1 aromatic carbocycles. The molecule has 1 aromatic rings. The molecule has 0 spiro atoms. The summed E-state index contributed by atoms with van der Waals surface area (Å²) in [5.74, 6) is 0.816. The average Bonchev–Trinajstić information content (AvgIpc) is 2.55. The second-order valence-electron chi connectivity index (χ2n) is 5.94. The Bertz CT molecular complexity index is 529. The van der Waals surface area contributed by atoms with Crippen LogP contribution in [-0.2, 0) is 9.53 Å². The summed E-state index contributed by atoms with van der Waals surface area (Å²) in [7, 11) is 0. The van der Waals surface area contributed by atoms with Crippen molar-refractivity contribution in [3.05, 3.63) is 28.3 Å². The molecule has 0 saturated carbocycles. The van der Waals surface area contributed by atoms with Crippen molar-refractivity contribution >= 4 is 5.97 Å². The van der Waals surface area contributed by atoms with Crippen molar-refractivity contribution in [1.29, 1.82) is 0 Å². The van der Waals surface area contributed by atoms with Crippen LogP contribution in [0.25, 0.3) is 0 Å². The normalized spacial score (nSPS) is 19.8. The van der Waals surface area contributed by atoms with Gasteiger partial charge in [0.05, 0.1) is 5.92 Å². The number of rotatable bonds is 2. The number of hydrogen-bond donors (Lipinski definition) is 0. The van der Waals surface area contributed by atoms with Gasteiger partial charge in [-0.25, -0.2) is 0 Å². The van der Waals surface area contributed by atoms with Crippen molar-refractivity contribution < 1.29 is 14.3 Å². The SMILES string of the molecule is CC(=O)OCC1c2c(C)cc(C)c(C)c2OC1(C)C. The van der Waals surface area contributed by atoms with Crippen LogP contribution >= 0.6 is 0 Å². The second-order valence-corrected chi connectivity index (χ2v) is 5.94. The van der Waals surface area contributed by atoms with Gasteiger partial charge in [0.2, 0.25) is 0 Å². The smallest absolute Gasteiger partial charge is 0.302 e. The first-order valence-corrected chi connectivity index (χ1v) is 6.67. The van der Waals surface area contributed by atoms with Gasteiger partial charge in [-0.05, 0) is 51.3 Å². The maximum absolute atomic E-state index is 11.1.